The number of carbonyl (C=O) groups excluding carboxylic acids is 1. The van der Waals surface area contributed by atoms with Crippen molar-refractivity contribution in [3.8, 4) is 11.1 Å². The van der Waals surface area contributed by atoms with E-state index in [1.54, 1.807) is 0 Å². The number of amides is 1. The Hall–Kier alpha value is -2.91. The van der Waals surface area contributed by atoms with Crippen LogP contribution in [0.25, 0.3) is 11.1 Å². The van der Waals surface area contributed by atoms with E-state index in [0.29, 0.717) is 0 Å². The van der Waals surface area contributed by atoms with E-state index in [2.05, 4.69) is 5.32 Å². The summed E-state index contributed by atoms with van der Waals surface area (Å²) in [6.07, 6.45) is -0.727. The van der Waals surface area contributed by atoms with E-state index >= 15 is 0 Å². The summed E-state index contributed by atoms with van der Waals surface area (Å²) in [5, 5.41) is 10.9. The average Bonchev–Trinajstić information content (AvgIpc) is 2.99. The summed E-state index contributed by atoms with van der Waals surface area (Å²) in [5.74, 6) is -1.81. The van der Waals surface area contributed by atoms with Gasteiger partial charge in [-0.1, -0.05) is 48.5 Å². The SMILES string of the molecule is O=C(O)CNS(=O)(=O)CCNC(=O)OCC1c2ccccc2-c2ccccc21. The highest BCUT2D eigenvalue weighted by Gasteiger charge is 2.29. The Balaban J connectivity index is 1.53. The van der Waals surface area contributed by atoms with E-state index in [1.165, 1.54) is 0 Å². The van der Waals surface area contributed by atoms with E-state index in [9.17, 15) is 18.0 Å². The van der Waals surface area contributed by atoms with Crippen LogP contribution in [0.3, 0.4) is 0 Å². The van der Waals surface area contributed by atoms with Crippen LogP contribution in [0.4, 0.5) is 4.79 Å². The number of alkyl carbamates (subject to hydrolysis) is 1. The molecule has 0 bridgehead atoms. The van der Waals surface area contributed by atoms with Gasteiger partial charge in [-0.15, -0.1) is 0 Å². The Morgan fingerprint density at radius 2 is 1.57 bits per heavy atom. The summed E-state index contributed by atoms with van der Waals surface area (Å²) < 4.78 is 30.4. The van der Waals surface area contributed by atoms with E-state index in [0.717, 1.165) is 22.3 Å². The molecule has 0 saturated carbocycles. The Morgan fingerprint density at radius 1 is 1.00 bits per heavy atom. The molecule has 0 saturated heterocycles. The van der Waals surface area contributed by atoms with Gasteiger partial charge in [0, 0.05) is 12.5 Å². The number of carboxylic acids is 1. The van der Waals surface area contributed by atoms with Crippen LogP contribution in [0, 0.1) is 0 Å². The van der Waals surface area contributed by atoms with Crippen molar-refractivity contribution in [3.63, 3.8) is 0 Å². The maximum atomic E-state index is 11.9. The molecule has 0 aromatic heterocycles. The number of benzene rings is 2. The van der Waals surface area contributed by atoms with E-state index in [-0.39, 0.29) is 19.1 Å². The van der Waals surface area contributed by atoms with Crippen LogP contribution in [0.15, 0.2) is 48.5 Å². The van der Waals surface area contributed by atoms with Gasteiger partial charge in [-0.2, -0.15) is 0 Å². The summed E-state index contributed by atoms with van der Waals surface area (Å²) >= 11 is 0. The second-order valence-corrected chi connectivity index (χ2v) is 8.21. The maximum absolute atomic E-state index is 11.9. The van der Waals surface area contributed by atoms with Crippen molar-refractivity contribution in [2.45, 2.75) is 5.92 Å². The summed E-state index contributed by atoms with van der Waals surface area (Å²) in [6, 6.07) is 15.9. The zero-order valence-corrected chi connectivity index (χ0v) is 15.7. The lowest BCUT2D eigenvalue weighted by Crippen LogP contribution is -2.37. The van der Waals surface area contributed by atoms with Gasteiger partial charge in [-0.3, -0.25) is 4.79 Å². The number of nitrogens with one attached hydrogen (secondary N) is 2. The van der Waals surface area contributed by atoms with Crippen LogP contribution in [0.1, 0.15) is 17.0 Å². The molecule has 0 atom stereocenters. The molecule has 8 nitrogen and oxygen atoms in total. The smallest absolute Gasteiger partial charge is 0.407 e. The first-order valence-electron chi connectivity index (χ1n) is 8.65. The minimum atomic E-state index is -3.78. The zero-order chi connectivity index (χ0) is 20.1. The fourth-order valence-electron chi connectivity index (χ4n) is 3.18. The minimum Gasteiger partial charge on any atom is -0.480 e. The third-order valence-corrected chi connectivity index (χ3v) is 5.75. The molecule has 28 heavy (non-hydrogen) atoms. The maximum Gasteiger partial charge on any atom is 0.407 e. The fourth-order valence-corrected chi connectivity index (χ4v) is 4.04. The first kappa shape index (κ1) is 19.8. The lowest BCUT2D eigenvalue weighted by Gasteiger charge is -2.14. The van der Waals surface area contributed by atoms with Gasteiger partial charge in [-0.05, 0) is 22.3 Å². The minimum absolute atomic E-state index is 0.0842. The molecule has 1 amide bonds. The van der Waals surface area contributed by atoms with E-state index in [4.69, 9.17) is 9.84 Å². The van der Waals surface area contributed by atoms with Crippen molar-refractivity contribution in [1.29, 1.82) is 0 Å². The van der Waals surface area contributed by atoms with Gasteiger partial charge >= 0.3 is 12.1 Å². The number of carboxylic acid groups (broad SMARTS) is 1. The molecule has 0 heterocycles. The van der Waals surface area contributed by atoms with Gasteiger partial charge in [0.05, 0.1) is 5.75 Å². The third kappa shape index (κ3) is 4.68. The van der Waals surface area contributed by atoms with E-state index in [1.807, 2.05) is 53.3 Å². The Morgan fingerprint density at radius 3 is 2.14 bits per heavy atom. The molecule has 9 heteroatoms. The van der Waals surface area contributed by atoms with Gasteiger partial charge in [-0.25, -0.2) is 17.9 Å². The number of ether oxygens (including phenoxy) is 1. The molecule has 0 spiro atoms. The highest BCUT2D eigenvalue weighted by atomic mass is 32.2. The van der Waals surface area contributed by atoms with Gasteiger partial charge in [0.1, 0.15) is 13.2 Å². The van der Waals surface area contributed by atoms with Crippen molar-refractivity contribution in [1.82, 2.24) is 10.0 Å². The Labute approximate surface area is 162 Å². The number of sulfonamides is 1. The molecule has 0 fully saturated rings. The molecule has 3 N–H and O–H groups in total. The zero-order valence-electron chi connectivity index (χ0n) is 14.9. The van der Waals surface area contributed by atoms with Crippen LogP contribution < -0.4 is 10.0 Å². The Kier molecular flexibility index (Phi) is 5.96. The van der Waals surface area contributed by atoms with Gasteiger partial charge in [0.15, 0.2) is 0 Å². The number of fused-ring (bicyclic) bond motifs is 3. The molecule has 2 aromatic rings. The first-order chi connectivity index (χ1) is 13.4. The van der Waals surface area contributed by atoms with Crippen LogP contribution in [-0.4, -0.2) is 51.0 Å². The van der Waals surface area contributed by atoms with Gasteiger partial charge in [0.25, 0.3) is 0 Å². The molecular formula is C19H20N2O6S. The van der Waals surface area contributed by atoms with Crippen LogP contribution in [-0.2, 0) is 19.6 Å². The summed E-state index contributed by atoms with van der Waals surface area (Å²) in [6.45, 7) is -0.761. The standard InChI is InChI=1S/C19H20N2O6S/c22-18(23)11-21-28(25,26)10-9-20-19(24)27-12-17-15-7-3-1-5-13(15)14-6-2-4-8-16(14)17/h1-8,17,21H,9-12H2,(H,20,24)(H,22,23). The lowest BCUT2D eigenvalue weighted by atomic mass is 9.98. The molecule has 1 aliphatic carbocycles. The predicted octanol–water partition coefficient (Wildman–Crippen LogP) is 1.53. The predicted molar refractivity (Wildman–Crippen MR) is 102 cm³/mol. The second kappa shape index (κ2) is 8.41. The number of aliphatic carboxylic acids is 1. The molecule has 3 rings (SSSR count). The summed E-state index contributed by atoms with van der Waals surface area (Å²) in [7, 11) is -3.78. The molecule has 0 unspecified atom stereocenters. The van der Waals surface area contributed by atoms with Crippen molar-refractivity contribution in [3.05, 3.63) is 59.7 Å². The van der Waals surface area contributed by atoms with Crippen LogP contribution in [0.5, 0.6) is 0 Å². The number of carbonyl (C=O) groups is 2. The van der Waals surface area contributed by atoms with Crippen LogP contribution >= 0.6 is 0 Å². The number of hydrogen-bond acceptors (Lipinski definition) is 5. The molecule has 2 aromatic carbocycles. The Bertz CT molecular complexity index is 944. The normalized spacial score (nSPS) is 12.9. The van der Waals surface area contributed by atoms with Crippen molar-refractivity contribution >= 4 is 22.1 Å². The highest BCUT2D eigenvalue weighted by Crippen LogP contribution is 2.44. The fraction of sp³-hybridized carbons (Fsp3) is 0.263. The van der Waals surface area contributed by atoms with Crippen molar-refractivity contribution in [2.75, 3.05) is 25.4 Å². The average molecular weight is 404 g/mol. The third-order valence-electron chi connectivity index (χ3n) is 4.43. The number of hydrogen-bond donors (Lipinski definition) is 3. The van der Waals surface area contributed by atoms with Gasteiger partial charge in [0.2, 0.25) is 10.0 Å². The lowest BCUT2D eigenvalue weighted by molar-refractivity contribution is -0.135. The number of rotatable bonds is 8. The van der Waals surface area contributed by atoms with Gasteiger partial charge < -0.3 is 15.2 Å². The summed E-state index contributed by atoms with van der Waals surface area (Å²) in [4.78, 5) is 22.3. The van der Waals surface area contributed by atoms with E-state index < -0.39 is 34.4 Å². The second-order valence-electron chi connectivity index (χ2n) is 6.29. The largest absolute Gasteiger partial charge is 0.480 e. The van der Waals surface area contributed by atoms with Crippen molar-refractivity contribution in [2.24, 2.45) is 0 Å². The highest BCUT2D eigenvalue weighted by molar-refractivity contribution is 7.89. The summed E-state index contributed by atoms with van der Waals surface area (Å²) in [5.41, 5.74) is 4.39. The molecule has 148 valence electrons. The molecular weight excluding hydrogens is 384 g/mol. The topological polar surface area (TPSA) is 122 Å². The van der Waals surface area contributed by atoms with Crippen LogP contribution in [0.2, 0.25) is 0 Å². The quantitative estimate of drug-likeness (QED) is 0.613. The first-order valence-corrected chi connectivity index (χ1v) is 10.3. The molecule has 0 aliphatic heterocycles. The van der Waals surface area contributed by atoms with Crippen molar-refractivity contribution < 1.29 is 27.9 Å². The molecule has 1 aliphatic rings. The molecule has 0 radical (unpaired) electrons. The monoisotopic (exact) mass is 404 g/mol.